The van der Waals surface area contributed by atoms with E-state index in [4.69, 9.17) is 11.6 Å². The van der Waals surface area contributed by atoms with Crippen LogP contribution in [0.5, 0.6) is 0 Å². The summed E-state index contributed by atoms with van der Waals surface area (Å²) in [5.41, 5.74) is 2.57. The fourth-order valence-corrected chi connectivity index (χ4v) is 2.48. The van der Waals surface area contributed by atoms with Crippen molar-refractivity contribution in [3.05, 3.63) is 46.3 Å². The Morgan fingerprint density at radius 1 is 1.45 bits per heavy atom. The molecular weight excluding hydrogens is 279 g/mol. The second-order valence-corrected chi connectivity index (χ2v) is 5.02. The smallest absolute Gasteiger partial charge is 0.141 e. The molecule has 1 unspecified atom stereocenters. The monoisotopic (exact) mass is 296 g/mol. The molecule has 4 nitrogen and oxygen atoms in total. The van der Waals surface area contributed by atoms with Crippen LogP contribution in [-0.4, -0.2) is 21.8 Å². The lowest BCUT2D eigenvalue weighted by Crippen LogP contribution is -2.21. The first-order valence-corrected chi connectivity index (χ1v) is 6.94. The third-order valence-electron chi connectivity index (χ3n) is 3.33. The van der Waals surface area contributed by atoms with E-state index in [0.29, 0.717) is 11.4 Å². The number of aryl methyl sites for hydroxylation is 2. The van der Waals surface area contributed by atoms with Crippen molar-refractivity contribution in [3.63, 3.8) is 0 Å². The minimum absolute atomic E-state index is 0.0582. The van der Waals surface area contributed by atoms with Crippen molar-refractivity contribution in [1.29, 1.82) is 0 Å². The maximum Gasteiger partial charge on any atom is 0.141 e. The molecule has 0 spiro atoms. The highest BCUT2D eigenvalue weighted by Crippen LogP contribution is 2.26. The van der Waals surface area contributed by atoms with E-state index in [0.717, 1.165) is 23.5 Å². The molecule has 20 heavy (non-hydrogen) atoms. The molecule has 108 valence electrons. The summed E-state index contributed by atoms with van der Waals surface area (Å²) in [6.07, 6.45) is 3.50. The molecule has 2 rings (SSSR count). The van der Waals surface area contributed by atoms with Crippen LogP contribution in [0.25, 0.3) is 0 Å². The van der Waals surface area contributed by atoms with Crippen molar-refractivity contribution in [2.75, 3.05) is 7.05 Å². The van der Waals surface area contributed by atoms with Gasteiger partial charge in [0.15, 0.2) is 0 Å². The van der Waals surface area contributed by atoms with Crippen LogP contribution in [0.1, 0.15) is 29.9 Å². The van der Waals surface area contributed by atoms with Crippen molar-refractivity contribution in [1.82, 2.24) is 20.1 Å². The SMILES string of the molecule is CCn1nc(C)c(Cl)c1CC(NC)c1cncc(F)c1. The van der Waals surface area contributed by atoms with Crippen LogP contribution in [0.4, 0.5) is 4.39 Å². The van der Waals surface area contributed by atoms with Gasteiger partial charge in [0.25, 0.3) is 0 Å². The second kappa shape index (κ2) is 6.33. The molecule has 0 saturated heterocycles. The second-order valence-electron chi connectivity index (χ2n) is 4.64. The predicted molar refractivity (Wildman–Crippen MR) is 77.3 cm³/mol. The topological polar surface area (TPSA) is 42.7 Å². The average molecular weight is 297 g/mol. The van der Waals surface area contributed by atoms with E-state index in [9.17, 15) is 4.39 Å². The van der Waals surface area contributed by atoms with E-state index in [1.807, 2.05) is 25.6 Å². The van der Waals surface area contributed by atoms with E-state index in [-0.39, 0.29) is 11.9 Å². The Morgan fingerprint density at radius 3 is 2.80 bits per heavy atom. The number of aromatic nitrogens is 3. The van der Waals surface area contributed by atoms with E-state index in [1.54, 1.807) is 6.20 Å². The maximum atomic E-state index is 13.3. The highest BCUT2D eigenvalue weighted by atomic mass is 35.5. The van der Waals surface area contributed by atoms with Gasteiger partial charge < -0.3 is 5.32 Å². The third-order valence-corrected chi connectivity index (χ3v) is 3.82. The fourth-order valence-electron chi connectivity index (χ4n) is 2.26. The number of hydrogen-bond acceptors (Lipinski definition) is 3. The van der Waals surface area contributed by atoms with Gasteiger partial charge in [-0.1, -0.05) is 11.6 Å². The van der Waals surface area contributed by atoms with Crippen molar-refractivity contribution in [2.24, 2.45) is 0 Å². The van der Waals surface area contributed by atoms with Gasteiger partial charge in [-0.3, -0.25) is 9.67 Å². The highest BCUT2D eigenvalue weighted by Gasteiger charge is 2.18. The summed E-state index contributed by atoms with van der Waals surface area (Å²) in [5.74, 6) is -0.339. The molecule has 0 radical (unpaired) electrons. The van der Waals surface area contributed by atoms with E-state index in [2.05, 4.69) is 15.4 Å². The van der Waals surface area contributed by atoms with Gasteiger partial charge in [0.1, 0.15) is 5.82 Å². The molecule has 2 aromatic heterocycles. The van der Waals surface area contributed by atoms with Gasteiger partial charge in [-0.25, -0.2) is 4.39 Å². The quantitative estimate of drug-likeness (QED) is 0.922. The Balaban J connectivity index is 2.31. The molecule has 0 saturated carbocycles. The summed E-state index contributed by atoms with van der Waals surface area (Å²) in [6.45, 7) is 4.65. The molecule has 6 heteroatoms. The standard InChI is InChI=1S/C14H18ClFN4/c1-4-20-13(14(15)9(2)19-20)6-12(17-3)10-5-11(16)8-18-7-10/h5,7-8,12,17H,4,6H2,1-3H3. The van der Waals surface area contributed by atoms with Crippen molar-refractivity contribution in [3.8, 4) is 0 Å². The number of hydrogen-bond donors (Lipinski definition) is 1. The van der Waals surface area contributed by atoms with Crippen LogP contribution in [0.2, 0.25) is 5.02 Å². The minimum atomic E-state index is -0.339. The molecule has 0 bridgehead atoms. The molecular formula is C14H18ClFN4. The number of nitrogens with one attached hydrogen (secondary N) is 1. The fraction of sp³-hybridized carbons (Fsp3) is 0.429. The molecule has 0 fully saturated rings. The Bertz CT molecular complexity index is 597. The number of halogens is 2. The zero-order valence-corrected chi connectivity index (χ0v) is 12.6. The van der Waals surface area contributed by atoms with Gasteiger partial charge in [-0.2, -0.15) is 5.10 Å². The van der Waals surface area contributed by atoms with E-state index < -0.39 is 0 Å². The molecule has 0 aliphatic rings. The summed E-state index contributed by atoms with van der Waals surface area (Å²) in [6, 6.07) is 1.43. The molecule has 0 aliphatic carbocycles. The lowest BCUT2D eigenvalue weighted by atomic mass is 10.0. The molecule has 1 atom stereocenters. The molecule has 2 aromatic rings. The summed E-state index contributed by atoms with van der Waals surface area (Å²) in [4.78, 5) is 3.89. The Kier molecular flexibility index (Phi) is 4.73. The first kappa shape index (κ1) is 14.9. The summed E-state index contributed by atoms with van der Waals surface area (Å²) in [7, 11) is 1.84. The largest absolute Gasteiger partial charge is 0.313 e. The normalized spacial score (nSPS) is 12.7. The van der Waals surface area contributed by atoms with Crippen LogP contribution in [-0.2, 0) is 13.0 Å². The molecule has 1 N–H and O–H groups in total. The van der Waals surface area contributed by atoms with Gasteiger partial charge in [-0.05, 0) is 32.5 Å². The minimum Gasteiger partial charge on any atom is -0.313 e. The van der Waals surface area contributed by atoms with Gasteiger partial charge >= 0.3 is 0 Å². The number of pyridine rings is 1. The maximum absolute atomic E-state index is 13.3. The van der Waals surface area contributed by atoms with Crippen LogP contribution in [0, 0.1) is 12.7 Å². The predicted octanol–water partition coefficient (Wildman–Crippen LogP) is 2.90. The lowest BCUT2D eigenvalue weighted by Gasteiger charge is -2.17. The first-order valence-electron chi connectivity index (χ1n) is 6.56. The highest BCUT2D eigenvalue weighted by molar-refractivity contribution is 6.31. The Labute approximate surface area is 123 Å². The summed E-state index contributed by atoms with van der Waals surface area (Å²) in [5, 5.41) is 8.25. The van der Waals surface area contributed by atoms with E-state index in [1.165, 1.54) is 12.3 Å². The van der Waals surface area contributed by atoms with E-state index >= 15 is 0 Å². The van der Waals surface area contributed by atoms with Crippen LogP contribution >= 0.6 is 11.6 Å². The number of rotatable bonds is 5. The molecule has 0 aromatic carbocycles. The average Bonchev–Trinajstić information content (AvgIpc) is 2.71. The van der Waals surface area contributed by atoms with Crippen molar-refractivity contribution < 1.29 is 4.39 Å². The van der Waals surface area contributed by atoms with Crippen molar-refractivity contribution in [2.45, 2.75) is 32.9 Å². The summed E-state index contributed by atoms with van der Waals surface area (Å²) >= 11 is 6.31. The zero-order chi connectivity index (χ0) is 14.7. The van der Waals surface area contributed by atoms with Gasteiger partial charge in [0, 0.05) is 25.2 Å². The summed E-state index contributed by atoms with van der Waals surface area (Å²) < 4.78 is 15.2. The van der Waals surface area contributed by atoms with Gasteiger partial charge in [0.05, 0.1) is 22.6 Å². The van der Waals surface area contributed by atoms with Crippen LogP contribution < -0.4 is 5.32 Å². The Hall–Kier alpha value is -1.46. The third kappa shape index (κ3) is 2.99. The van der Waals surface area contributed by atoms with Crippen molar-refractivity contribution >= 4 is 11.6 Å². The number of likely N-dealkylation sites (N-methyl/N-ethyl adjacent to an activating group) is 1. The molecule has 0 amide bonds. The van der Waals surface area contributed by atoms with Crippen LogP contribution in [0.3, 0.4) is 0 Å². The molecule has 0 aliphatic heterocycles. The van der Waals surface area contributed by atoms with Crippen LogP contribution in [0.15, 0.2) is 18.5 Å². The molecule has 2 heterocycles. The van der Waals surface area contributed by atoms with Gasteiger partial charge in [-0.15, -0.1) is 0 Å². The lowest BCUT2D eigenvalue weighted by molar-refractivity contribution is 0.534. The zero-order valence-electron chi connectivity index (χ0n) is 11.8. The number of nitrogens with zero attached hydrogens (tertiary/aromatic N) is 3. The Morgan fingerprint density at radius 2 is 2.20 bits per heavy atom. The first-order chi connectivity index (χ1) is 9.56. The van der Waals surface area contributed by atoms with Gasteiger partial charge in [0.2, 0.25) is 0 Å².